The molecule has 1 aromatic carbocycles. The molecule has 0 saturated carbocycles. The maximum atomic E-state index is 12.0. The van der Waals surface area contributed by atoms with Crippen LogP contribution in [0.3, 0.4) is 0 Å². The minimum Gasteiger partial charge on any atom is -0.348 e. The van der Waals surface area contributed by atoms with Crippen molar-refractivity contribution in [2.45, 2.75) is 20.0 Å². The highest BCUT2D eigenvalue weighted by Gasteiger charge is 2.14. The van der Waals surface area contributed by atoms with Gasteiger partial charge in [0.2, 0.25) is 11.0 Å². The monoisotopic (exact) mass is 443 g/mol. The van der Waals surface area contributed by atoms with Crippen molar-refractivity contribution in [2.75, 3.05) is 32.5 Å². The average Bonchev–Trinajstić information content (AvgIpc) is 2.86. The first kappa shape index (κ1) is 20.0. The lowest BCUT2D eigenvalue weighted by Crippen LogP contribution is -2.38. The first-order chi connectivity index (χ1) is 11.9. The number of carbonyl (C=O) groups is 1. The van der Waals surface area contributed by atoms with Crippen molar-refractivity contribution in [1.29, 1.82) is 0 Å². The Hall–Kier alpha value is -1.29. The van der Waals surface area contributed by atoms with E-state index in [4.69, 9.17) is 12.2 Å². The standard InChI is InChI=1S/C16H22BrN5OS2/c1-4-8-21(10-14(23)20(2)3)11-22-16(24)25-15(19-22)18-13-7-5-6-12(17)9-13/h5-7,9H,4,8,10-11H2,1-3H3,(H,18,19). The van der Waals surface area contributed by atoms with E-state index in [2.05, 4.69) is 38.2 Å². The van der Waals surface area contributed by atoms with Gasteiger partial charge in [0.15, 0.2) is 3.95 Å². The number of nitrogens with zero attached hydrogens (tertiary/aromatic N) is 4. The van der Waals surface area contributed by atoms with E-state index in [1.165, 1.54) is 11.3 Å². The zero-order valence-corrected chi connectivity index (χ0v) is 17.7. The number of nitrogens with one attached hydrogen (secondary N) is 1. The van der Waals surface area contributed by atoms with E-state index in [1.54, 1.807) is 23.7 Å². The molecule has 25 heavy (non-hydrogen) atoms. The Morgan fingerprint density at radius 2 is 2.20 bits per heavy atom. The second-order valence-corrected chi connectivity index (χ2v) is 8.33. The maximum Gasteiger partial charge on any atom is 0.236 e. The van der Waals surface area contributed by atoms with Crippen molar-refractivity contribution in [1.82, 2.24) is 19.6 Å². The maximum absolute atomic E-state index is 12.0. The molecular formula is C16H22BrN5OS2. The van der Waals surface area contributed by atoms with Crippen LogP contribution < -0.4 is 5.32 Å². The van der Waals surface area contributed by atoms with Gasteiger partial charge in [0.05, 0.1) is 13.2 Å². The Kier molecular flexibility index (Phi) is 7.55. The van der Waals surface area contributed by atoms with Crippen molar-refractivity contribution in [3.63, 3.8) is 0 Å². The first-order valence-corrected chi connectivity index (χ1v) is 9.94. The molecule has 0 aliphatic heterocycles. The van der Waals surface area contributed by atoms with Crippen molar-refractivity contribution >= 4 is 56.2 Å². The third kappa shape index (κ3) is 6.18. The minimum absolute atomic E-state index is 0.0719. The van der Waals surface area contributed by atoms with E-state index in [1.807, 2.05) is 24.3 Å². The van der Waals surface area contributed by atoms with Crippen LogP contribution in [0.15, 0.2) is 28.7 Å². The fraction of sp³-hybridized carbons (Fsp3) is 0.438. The van der Waals surface area contributed by atoms with Crippen LogP contribution >= 0.6 is 39.5 Å². The van der Waals surface area contributed by atoms with Gasteiger partial charge in [-0.25, -0.2) is 4.68 Å². The second-order valence-electron chi connectivity index (χ2n) is 5.79. The first-order valence-electron chi connectivity index (χ1n) is 7.92. The zero-order chi connectivity index (χ0) is 18.4. The Bertz CT molecular complexity index is 774. The predicted molar refractivity (Wildman–Crippen MR) is 109 cm³/mol. The predicted octanol–water partition coefficient (Wildman–Crippen LogP) is 3.94. The summed E-state index contributed by atoms with van der Waals surface area (Å²) in [6.45, 7) is 3.76. The minimum atomic E-state index is 0.0719. The molecule has 136 valence electrons. The largest absolute Gasteiger partial charge is 0.348 e. The molecule has 1 amide bonds. The van der Waals surface area contributed by atoms with E-state index in [-0.39, 0.29) is 5.91 Å². The average molecular weight is 444 g/mol. The fourth-order valence-electron chi connectivity index (χ4n) is 2.17. The van der Waals surface area contributed by atoms with E-state index >= 15 is 0 Å². The number of benzene rings is 1. The molecule has 1 heterocycles. The molecule has 0 aliphatic rings. The second kappa shape index (κ2) is 9.42. The number of halogens is 1. The molecule has 0 radical (unpaired) electrons. The SMILES string of the molecule is CCCN(CC(=O)N(C)C)Cn1nc(Nc2cccc(Br)c2)sc1=S. The summed E-state index contributed by atoms with van der Waals surface area (Å²) in [4.78, 5) is 15.7. The van der Waals surface area contributed by atoms with Gasteiger partial charge in [0.1, 0.15) is 0 Å². The van der Waals surface area contributed by atoms with Crippen molar-refractivity contribution < 1.29 is 4.79 Å². The normalized spacial score (nSPS) is 10.9. The van der Waals surface area contributed by atoms with Crippen molar-refractivity contribution in [3.8, 4) is 0 Å². The highest BCUT2D eigenvalue weighted by Crippen LogP contribution is 2.23. The Morgan fingerprint density at radius 3 is 2.84 bits per heavy atom. The number of amides is 1. The number of hydrogen-bond donors (Lipinski definition) is 1. The lowest BCUT2D eigenvalue weighted by atomic mass is 10.3. The van der Waals surface area contributed by atoms with Crippen LogP contribution in [0.1, 0.15) is 13.3 Å². The third-order valence-corrected chi connectivity index (χ3v) is 5.13. The third-order valence-electron chi connectivity index (χ3n) is 3.41. The van der Waals surface area contributed by atoms with Crippen LogP contribution in [-0.2, 0) is 11.5 Å². The van der Waals surface area contributed by atoms with Gasteiger partial charge in [-0.2, -0.15) is 0 Å². The van der Waals surface area contributed by atoms with E-state index < -0.39 is 0 Å². The van der Waals surface area contributed by atoms with E-state index in [9.17, 15) is 4.79 Å². The fourth-order valence-corrected chi connectivity index (χ4v) is 3.59. The number of likely N-dealkylation sites (N-methyl/N-ethyl adjacent to an activating group) is 1. The number of aromatic nitrogens is 2. The highest BCUT2D eigenvalue weighted by molar-refractivity contribution is 9.10. The molecule has 1 aromatic heterocycles. The van der Waals surface area contributed by atoms with Crippen LogP contribution in [0.2, 0.25) is 0 Å². The van der Waals surface area contributed by atoms with E-state index in [0.29, 0.717) is 17.2 Å². The molecular weight excluding hydrogens is 422 g/mol. The van der Waals surface area contributed by atoms with Gasteiger partial charge in [0.25, 0.3) is 0 Å². The van der Waals surface area contributed by atoms with Gasteiger partial charge >= 0.3 is 0 Å². The summed E-state index contributed by atoms with van der Waals surface area (Å²) in [5.74, 6) is 0.0719. The lowest BCUT2D eigenvalue weighted by molar-refractivity contribution is -0.130. The molecule has 0 saturated heterocycles. The number of carbonyl (C=O) groups excluding carboxylic acids is 1. The van der Waals surface area contributed by atoms with Crippen LogP contribution in [0.25, 0.3) is 0 Å². The van der Waals surface area contributed by atoms with E-state index in [0.717, 1.165) is 28.3 Å². The molecule has 0 bridgehead atoms. The number of rotatable bonds is 8. The molecule has 2 aromatic rings. The summed E-state index contributed by atoms with van der Waals surface area (Å²) >= 11 is 10.3. The lowest BCUT2D eigenvalue weighted by Gasteiger charge is -2.22. The smallest absolute Gasteiger partial charge is 0.236 e. The molecule has 0 fully saturated rings. The van der Waals surface area contributed by atoms with Gasteiger partial charge in [-0.05, 0) is 36.8 Å². The molecule has 0 unspecified atom stereocenters. The molecule has 6 nitrogen and oxygen atoms in total. The zero-order valence-electron chi connectivity index (χ0n) is 14.5. The number of hydrogen-bond acceptors (Lipinski definition) is 6. The van der Waals surface area contributed by atoms with Crippen molar-refractivity contribution in [3.05, 3.63) is 32.7 Å². The van der Waals surface area contributed by atoms with Gasteiger partial charge < -0.3 is 10.2 Å². The molecule has 2 rings (SSSR count). The summed E-state index contributed by atoms with van der Waals surface area (Å²) in [5.41, 5.74) is 0.943. The van der Waals surface area contributed by atoms with Gasteiger partial charge in [-0.3, -0.25) is 9.69 Å². The quantitative estimate of drug-likeness (QED) is 0.626. The highest BCUT2D eigenvalue weighted by atomic mass is 79.9. The Balaban J connectivity index is 2.09. The van der Waals surface area contributed by atoms with Crippen molar-refractivity contribution in [2.24, 2.45) is 0 Å². The molecule has 9 heteroatoms. The van der Waals surface area contributed by atoms with Gasteiger partial charge in [0, 0.05) is 30.8 Å². The number of anilines is 2. The van der Waals surface area contributed by atoms with Crippen LogP contribution in [0, 0.1) is 3.95 Å². The summed E-state index contributed by atoms with van der Waals surface area (Å²) in [5, 5.41) is 8.55. The molecule has 1 N–H and O–H groups in total. The molecule has 0 spiro atoms. The summed E-state index contributed by atoms with van der Waals surface area (Å²) < 4.78 is 3.44. The Labute approximate surface area is 165 Å². The molecule has 0 atom stereocenters. The molecule has 0 aliphatic carbocycles. The van der Waals surface area contributed by atoms with Crippen LogP contribution in [0.5, 0.6) is 0 Å². The van der Waals surface area contributed by atoms with Crippen LogP contribution in [-0.4, -0.2) is 52.7 Å². The summed E-state index contributed by atoms with van der Waals surface area (Å²) in [6, 6.07) is 7.88. The summed E-state index contributed by atoms with van der Waals surface area (Å²) in [7, 11) is 3.53. The topological polar surface area (TPSA) is 53.4 Å². The van der Waals surface area contributed by atoms with Gasteiger partial charge in [-0.15, -0.1) is 5.10 Å². The van der Waals surface area contributed by atoms with Crippen LogP contribution in [0.4, 0.5) is 10.8 Å². The summed E-state index contributed by atoms with van der Waals surface area (Å²) in [6.07, 6.45) is 0.960. The van der Waals surface area contributed by atoms with Gasteiger partial charge in [-0.1, -0.05) is 40.3 Å². The Morgan fingerprint density at radius 1 is 1.44 bits per heavy atom.